The van der Waals surface area contributed by atoms with E-state index in [4.69, 9.17) is 0 Å². The number of benzene rings is 3. The predicted octanol–water partition coefficient (Wildman–Crippen LogP) is 6.28. The molecule has 0 spiro atoms. The number of thiazole rings is 1. The van der Waals surface area contributed by atoms with Crippen molar-refractivity contribution >= 4 is 28.4 Å². The molecule has 154 valence electrons. The Hall–Kier alpha value is -3.91. The van der Waals surface area contributed by atoms with Crippen LogP contribution in [0.15, 0.2) is 77.9 Å². The minimum absolute atomic E-state index is 0.0346. The highest BCUT2D eigenvalue weighted by Crippen LogP contribution is 2.39. The van der Waals surface area contributed by atoms with E-state index in [1.165, 1.54) is 35.6 Å². The maximum atomic E-state index is 13.0. The zero-order valence-corrected chi connectivity index (χ0v) is 17.3. The van der Waals surface area contributed by atoms with Crippen molar-refractivity contribution in [2.24, 2.45) is 5.10 Å². The van der Waals surface area contributed by atoms with Crippen molar-refractivity contribution in [3.8, 4) is 21.7 Å². The predicted molar refractivity (Wildman–Crippen MR) is 122 cm³/mol. The number of halogens is 1. The van der Waals surface area contributed by atoms with Gasteiger partial charge < -0.3 is 0 Å². The number of nitrogens with zero attached hydrogens (tertiary/aromatic N) is 3. The molecule has 1 aromatic heterocycles. The minimum Gasteiger partial charge on any atom is -0.258 e. The quantitative estimate of drug-likeness (QED) is 0.221. The first-order valence-corrected chi connectivity index (χ1v) is 10.2. The average Bonchev–Trinajstić information content (AvgIpc) is 3.20. The Morgan fingerprint density at radius 1 is 1.00 bits per heavy atom. The molecule has 0 fully saturated rings. The molecular formula is C23H17FN4O2S. The third kappa shape index (κ3) is 4.81. The van der Waals surface area contributed by atoms with Gasteiger partial charge >= 0.3 is 0 Å². The van der Waals surface area contributed by atoms with E-state index in [1.54, 1.807) is 30.5 Å². The first-order valence-electron chi connectivity index (χ1n) is 9.37. The molecule has 3 aromatic carbocycles. The smallest absolute Gasteiger partial charge is 0.258 e. The van der Waals surface area contributed by atoms with Gasteiger partial charge in [0.05, 0.1) is 21.7 Å². The molecule has 0 saturated heterocycles. The van der Waals surface area contributed by atoms with E-state index in [0.29, 0.717) is 5.13 Å². The summed E-state index contributed by atoms with van der Waals surface area (Å²) in [4.78, 5) is 16.1. The molecule has 0 aliphatic rings. The number of aromatic nitrogens is 1. The topological polar surface area (TPSA) is 80.4 Å². The molecule has 0 aliphatic heterocycles. The van der Waals surface area contributed by atoms with Gasteiger partial charge in [-0.3, -0.25) is 15.5 Å². The lowest BCUT2D eigenvalue weighted by Gasteiger charge is -2.03. The van der Waals surface area contributed by atoms with Gasteiger partial charge in [-0.2, -0.15) is 5.10 Å². The van der Waals surface area contributed by atoms with Crippen LogP contribution < -0.4 is 5.43 Å². The summed E-state index contributed by atoms with van der Waals surface area (Å²) in [7, 11) is 0. The van der Waals surface area contributed by atoms with Crippen LogP contribution in [0.2, 0.25) is 0 Å². The monoisotopic (exact) mass is 432 g/mol. The molecule has 0 amide bonds. The number of nitrogens with one attached hydrogen (secondary N) is 1. The molecule has 1 N–H and O–H groups in total. The lowest BCUT2D eigenvalue weighted by atomic mass is 10.1. The van der Waals surface area contributed by atoms with Gasteiger partial charge in [-0.15, -0.1) is 0 Å². The summed E-state index contributed by atoms with van der Waals surface area (Å²) in [6, 6.07) is 20.4. The Kier molecular flexibility index (Phi) is 5.81. The number of nitro benzene ring substituents is 1. The van der Waals surface area contributed by atoms with E-state index in [1.807, 2.05) is 31.2 Å². The van der Waals surface area contributed by atoms with Crippen molar-refractivity contribution in [3.05, 3.63) is 99.9 Å². The van der Waals surface area contributed by atoms with Crippen LogP contribution in [0.1, 0.15) is 11.1 Å². The zero-order valence-electron chi connectivity index (χ0n) is 16.4. The normalized spacial score (nSPS) is 11.0. The van der Waals surface area contributed by atoms with Crippen molar-refractivity contribution in [2.45, 2.75) is 6.92 Å². The van der Waals surface area contributed by atoms with Crippen LogP contribution in [0, 0.1) is 22.9 Å². The highest BCUT2D eigenvalue weighted by Gasteiger charge is 2.16. The summed E-state index contributed by atoms with van der Waals surface area (Å²) >= 11 is 1.40. The largest absolute Gasteiger partial charge is 0.269 e. The Morgan fingerprint density at radius 2 is 1.65 bits per heavy atom. The van der Waals surface area contributed by atoms with E-state index in [0.717, 1.165) is 32.8 Å². The van der Waals surface area contributed by atoms with Crippen molar-refractivity contribution in [2.75, 3.05) is 5.43 Å². The lowest BCUT2D eigenvalue weighted by molar-refractivity contribution is -0.384. The molecule has 4 rings (SSSR count). The third-order valence-corrected chi connectivity index (χ3v) is 5.55. The van der Waals surface area contributed by atoms with Crippen LogP contribution in [0.25, 0.3) is 21.7 Å². The number of hydrogen-bond acceptors (Lipinski definition) is 6. The highest BCUT2D eigenvalue weighted by atomic mass is 32.1. The second-order valence-corrected chi connectivity index (χ2v) is 7.79. The van der Waals surface area contributed by atoms with Crippen molar-refractivity contribution < 1.29 is 9.31 Å². The molecule has 0 atom stereocenters. The number of hydrogen-bond donors (Lipinski definition) is 1. The molecular weight excluding hydrogens is 415 g/mol. The summed E-state index contributed by atoms with van der Waals surface area (Å²) < 4.78 is 13.0. The Labute approximate surface area is 181 Å². The molecule has 0 saturated carbocycles. The van der Waals surface area contributed by atoms with Crippen molar-refractivity contribution in [3.63, 3.8) is 0 Å². The van der Waals surface area contributed by atoms with Crippen molar-refractivity contribution in [1.82, 2.24) is 4.98 Å². The summed E-state index contributed by atoms with van der Waals surface area (Å²) in [5.41, 5.74) is 7.37. The number of anilines is 1. The van der Waals surface area contributed by atoms with Gasteiger partial charge in [0.1, 0.15) is 5.82 Å². The number of aryl methyl sites for hydroxylation is 1. The summed E-state index contributed by atoms with van der Waals surface area (Å²) in [6.45, 7) is 2.01. The van der Waals surface area contributed by atoms with Gasteiger partial charge in [-0.05, 0) is 42.3 Å². The molecule has 8 heteroatoms. The van der Waals surface area contributed by atoms with E-state index in [-0.39, 0.29) is 11.5 Å². The molecule has 31 heavy (non-hydrogen) atoms. The second kappa shape index (κ2) is 8.85. The highest BCUT2D eigenvalue weighted by molar-refractivity contribution is 7.19. The Morgan fingerprint density at radius 3 is 2.29 bits per heavy atom. The van der Waals surface area contributed by atoms with E-state index in [9.17, 15) is 14.5 Å². The Bertz CT molecular complexity index is 1230. The third-order valence-electron chi connectivity index (χ3n) is 4.54. The molecule has 1 heterocycles. The molecule has 4 aromatic rings. The number of nitro groups is 1. The van der Waals surface area contributed by atoms with Gasteiger partial charge in [0.15, 0.2) is 0 Å². The SMILES string of the molecule is Cc1ccc(-c2nc(N/N=C\c3ccc(F)cc3)sc2-c2ccc([N+](=O)[O-])cc2)cc1. The van der Waals surface area contributed by atoms with E-state index in [2.05, 4.69) is 15.5 Å². The Balaban J connectivity index is 1.67. The average molecular weight is 432 g/mol. The fourth-order valence-corrected chi connectivity index (χ4v) is 3.86. The van der Waals surface area contributed by atoms with Gasteiger partial charge in [0.25, 0.3) is 5.69 Å². The summed E-state index contributed by atoms with van der Waals surface area (Å²) in [5.74, 6) is -0.305. The molecule has 0 radical (unpaired) electrons. The molecule has 0 aliphatic carbocycles. The standard InChI is InChI=1S/C23H17FN4O2S/c1-15-2-6-17(7-3-15)21-22(18-8-12-20(13-9-18)28(29)30)31-23(26-21)27-25-14-16-4-10-19(24)11-5-16/h2-14H,1H3,(H,26,27)/b25-14-. The number of hydrazone groups is 1. The van der Waals surface area contributed by atoms with E-state index < -0.39 is 4.92 Å². The van der Waals surface area contributed by atoms with Crippen molar-refractivity contribution in [1.29, 1.82) is 0 Å². The lowest BCUT2D eigenvalue weighted by Crippen LogP contribution is -1.90. The van der Waals surface area contributed by atoms with Gasteiger partial charge in [0, 0.05) is 17.7 Å². The molecule has 0 unspecified atom stereocenters. The fraction of sp³-hybridized carbons (Fsp3) is 0.0435. The maximum absolute atomic E-state index is 13.0. The number of rotatable bonds is 6. The van der Waals surface area contributed by atoms with Crippen LogP contribution >= 0.6 is 11.3 Å². The van der Waals surface area contributed by atoms with E-state index >= 15 is 0 Å². The van der Waals surface area contributed by atoms with Crippen LogP contribution in [0.3, 0.4) is 0 Å². The van der Waals surface area contributed by atoms with Crippen LogP contribution in [-0.4, -0.2) is 16.1 Å². The van der Waals surface area contributed by atoms with Gasteiger partial charge in [-0.1, -0.05) is 53.3 Å². The van der Waals surface area contributed by atoms with Gasteiger partial charge in [0.2, 0.25) is 5.13 Å². The van der Waals surface area contributed by atoms with Crippen LogP contribution in [-0.2, 0) is 0 Å². The maximum Gasteiger partial charge on any atom is 0.269 e. The molecule has 0 bridgehead atoms. The molecule has 6 nitrogen and oxygen atoms in total. The summed E-state index contributed by atoms with van der Waals surface area (Å²) in [6.07, 6.45) is 1.58. The first-order chi connectivity index (χ1) is 15.0. The first kappa shape index (κ1) is 20.4. The van der Waals surface area contributed by atoms with Crippen LogP contribution in [0.4, 0.5) is 15.2 Å². The second-order valence-electron chi connectivity index (χ2n) is 6.79. The zero-order chi connectivity index (χ0) is 21.8. The van der Waals surface area contributed by atoms with Crippen LogP contribution in [0.5, 0.6) is 0 Å². The van der Waals surface area contributed by atoms with Gasteiger partial charge in [-0.25, -0.2) is 9.37 Å². The summed E-state index contributed by atoms with van der Waals surface area (Å²) in [5, 5.41) is 15.7. The minimum atomic E-state index is -0.422. The number of non-ortho nitro benzene ring substituents is 1. The fourth-order valence-electron chi connectivity index (χ4n) is 2.92.